The van der Waals surface area contributed by atoms with E-state index < -0.39 is 19.7 Å². The Kier molecular flexibility index (Phi) is 7.98. The Hall–Kier alpha value is -0.893. The van der Waals surface area contributed by atoms with Gasteiger partial charge in [-0.3, -0.25) is 0 Å². The van der Waals surface area contributed by atoms with Gasteiger partial charge in [-0.25, -0.2) is 4.79 Å². The zero-order chi connectivity index (χ0) is 25.5. The van der Waals surface area contributed by atoms with Crippen LogP contribution >= 0.6 is 0 Å². The molecule has 0 aromatic heterocycles. The van der Waals surface area contributed by atoms with E-state index in [2.05, 4.69) is 54.3 Å². The van der Waals surface area contributed by atoms with Crippen LogP contribution in [0.4, 0.5) is 4.79 Å². The SMILES string of the molecule is C=C[C@H](N(C)C(=O)OC(C)(C)C)[C@@]1(C)CCC2(OCCO2)[C@@]1(C)CCO[Si](C)(C)C(C)(C)C. The first kappa shape index (κ1) is 28.3. The Balaban J connectivity index is 2.37. The van der Waals surface area contributed by atoms with E-state index in [9.17, 15) is 4.79 Å². The first-order valence-electron chi connectivity index (χ1n) is 12.4. The second kappa shape index (κ2) is 9.28. The Labute approximate surface area is 203 Å². The minimum Gasteiger partial charge on any atom is -0.444 e. The Morgan fingerprint density at radius 3 is 2.12 bits per heavy atom. The molecule has 1 heterocycles. The van der Waals surface area contributed by atoms with Crippen molar-refractivity contribution >= 4 is 14.4 Å². The van der Waals surface area contributed by atoms with Crippen LogP contribution in [0.3, 0.4) is 0 Å². The highest BCUT2D eigenvalue weighted by atomic mass is 28.4. The highest BCUT2D eigenvalue weighted by Crippen LogP contribution is 2.65. The lowest BCUT2D eigenvalue weighted by Crippen LogP contribution is -2.58. The molecular weight excluding hydrogens is 434 g/mol. The Bertz CT molecular complexity index is 719. The van der Waals surface area contributed by atoms with Gasteiger partial charge in [0.05, 0.1) is 19.3 Å². The first-order valence-corrected chi connectivity index (χ1v) is 15.3. The number of ether oxygens (including phenoxy) is 3. The molecule has 33 heavy (non-hydrogen) atoms. The number of carbonyl (C=O) groups excluding carboxylic acids is 1. The molecule has 0 unspecified atom stereocenters. The highest BCUT2D eigenvalue weighted by Gasteiger charge is 2.68. The van der Waals surface area contributed by atoms with Crippen LogP contribution in [0.15, 0.2) is 12.7 Å². The van der Waals surface area contributed by atoms with Gasteiger partial charge < -0.3 is 23.5 Å². The number of hydrogen-bond donors (Lipinski definition) is 0. The minimum atomic E-state index is -1.90. The van der Waals surface area contributed by atoms with Crippen molar-refractivity contribution in [3.8, 4) is 0 Å². The fraction of sp³-hybridized carbons (Fsp3) is 0.885. The normalized spacial score (nSPS) is 28.7. The number of rotatable bonds is 7. The number of likely N-dealkylation sites (N-methyl/N-ethyl adjacent to an activating group) is 1. The van der Waals surface area contributed by atoms with Gasteiger partial charge in [0, 0.05) is 30.9 Å². The lowest BCUT2D eigenvalue weighted by molar-refractivity contribution is -0.243. The maximum Gasteiger partial charge on any atom is 0.410 e. The average molecular weight is 484 g/mol. The molecule has 1 spiro atoms. The van der Waals surface area contributed by atoms with Crippen molar-refractivity contribution in [3.63, 3.8) is 0 Å². The third-order valence-corrected chi connectivity index (χ3v) is 13.2. The fourth-order valence-electron chi connectivity index (χ4n) is 5.30. The first-order chi connectivity index (χ1) is 14.9. The lowest BCUT2D eigenvalue weighted by atomic mass is 9.60. The van der Waals surface area contributed by atoms with Crippen LogP contribution in [0.5, 0.6) is 0 Å². The third-order valence-electron chi connectivity index (χ3n) is 8.67. The largest absolute Gasteiger partial charge is 0.444 e. The maximum absolute atomic E-state index is 13.0. The van der Waals surface area contributed by atoms with E-state index in [1.807, 2.05) is 26.8 Å². The van der Waals surface area contributed by atoms with Crippen LogP contribution in [0.1, 0.15) is 74.7 Å². The van der Waals surface area contributed by atoms with Crippen molar-refractivity contribution in [1.29, 1.82) is 0 Å². The van der Waals surface area contributed by atoms with Crippen LogP contribution < -0.4 is 0 Å². The maximum atomic E-state index is 13.0. The average Bonchev–Trinajstić information content (AvgIpc) is 3.21. The smallest absolute Gasteiger partial charge is 0.410 e. The summed E-state index contributed by atoms with van der Waals surface area (Å²) >= 11 is 0. The van der Waals surface area contributed by atoms with Crippen molar-refractivity contribution in [2.45, 2.75) is 110 Å². The summed E-state index contributed by atoms with van der Waals surface area (Å²) in [5.41, 5.74) is -1.28. The van der Waals surface area contributed by atoms with Gasteiger partial charge in [-0.15, -0.1) is 6.58 Å². The summed E-state index contributed by atoms with van der Waals surface area (Å²) in [6.45, 7) is 27.4. The molecular formula is C26H49NO5Si. The van der Waals surface area contributed by atoms with E-state index >= 15 is 0 Å². The molecule has 1 aliphatic carbocycles. The second-order valence-electron chi connectivity index (χ2n) is 12.8. The van der Waals surface area contributed by atoms with Gasteiger partial charge in [-0.05, 0) is 51.7 Å². The van der Waals surface area contributed by atoms with Crippen molar-refractivity contribution < 1.29 is 23.4 Å². The number of nitrogens with zero attached hydrogens (tertiary/aromatic N) is 1. The van der Waals surface area contributed by atoms with E-state index in [1.54, 1.807) is 11.9 Å². The predicted octanol–water partition coefficient (Wildman–Crippen LogP) is 6.37. The molecule has 2 fully saturated rings. The van der Waals surface area contributed by atoms with Crippen LogP contribution in [0.2, 0.25) is 18.1 Å². The number of carbonyl (C=O) groups is 1. The molecule has 0 bridgehead atoms. The van der Waals surface area contributed by atoms with Crippen molar-refractivity contribution in [1.82, 2.24) is 4.90 Å². The number of amides is 1. The molecule has 0 aromatic carbocycles. The molecule has 1 aliphatic heterocycles. The standard InChI is InChI=1S/C26H49NO5Si/c1-13-20(27(10)21(28)32-22(2,3)4)24(8)14-15-26(29-18-19-30-26)25(24,9)16-17-31-33(11,12)23(5,6)7/h13,20H,1,14-19H2,2-12H3/t20-,24+,25-/m0/s1. The van der Waals surface area contributed by atoms with E-state index in [4.69, 9.17) is 18.6 Å². The predicted molar refractivity (Wildman–Crippen MR) is 136 cm³/mol. The summed E-state index contributed by atoms with van der Waals surface area (Å²) in [6.07, 6.45) is 3.95. The zero-order valence-electron chi connectivity index (χ0n) is 23.1. The molecule has 192 valence electrons. The van der Waals surface area contributed by atoms with E-state index in [1.165, 1.54) is 0 Å². The van der Waals surface area contributed by atoms with Gasteiger partial charge >= 0.3 is 6.09 Å². The third kappa shape index (κ3) is 5.21. The van der Waals surface area contributed by atoms with Gasteiger partial charge in [0.25, 0.3) is 0 Å². The molecule has 3 atom stereocenters. The Morgan fingerprint density at radius 1 is 1.12 bits per heavy atom. The lowest BCUT2D eigenvalue weighted by Gasteiger charge is -2.52. The molecule has 0 radical (unpaired) electrons. The molecule has 0 aromatic rings. The van der Waals surface area contributed by atoms with E-state index in [-0.39, 0.29) is 28.0 Å². The molecule has 6 nitrogen and oxygen atoms in total. The molecule has 1 saturated heterocycles. The molecule has 0 N–H and O–H groups in total. The summed E-state index contributed by atoms with van der Waals surface area (Å²) in [5, 5.41) is 0.144. The monoisotopic (exact) mass is 483 g/mol. The second-order valence-corrected chi connectivity index (χ2v) is 17.6. The molecule has 2 rings (SSSR count). The van der Waals surface area contributed by atoms with Gasteiger partial charge in [-0.1, -0.05) is 40.7 Å². The van der Waals surface area contributed by atoms with Crippen molar-refractivity contribution in [2.24, 2.45) is 10.8 Å². The number of hydrogen-bond acceptors (Lipinski definition) is 5. The van der Waals surface area contributed by atoms with Gasteiger partial charge in [0.1, 0.15) is 5.60 Å². The molecule has 1 saturated carbocycles. The summed E-state index contributed by atoms with van der Waals surface area (Å²) < 4.78 is 25.0. The molecule has 7 heteroatoms. The Morgan fingerprint density at radius 2 is 1.67 bits per heavy atom. The van der Waals surface area contributed by atoms with E-state index in [0.717, 1.165) is 19.3 Å². The zero-order valence-corrected chi connectivity index (χ0v) is 24.1. The van der Waals surface area contributed by atoms with Crippen LogP contribution in [0, 0.1) is 10.8 Å². The van der Waals surface area contributed by atoms with Crippen LogP contribution in [-0.4, -0.2) is 63.6 Å². The van der Waals surface area contributed by atoms with Gasteiger partial charge in [-0.2, -0.15) is 0 Å². The molecule has 1 amide bonds. The van der Waals surface area contributed by atoms with Gasteiger partial charge in [0.2, 0.25) is 0 Å². The summed E-state index contributed by atoms with van der Waals surface area (Å²) in [5.74, 6) is -0.672. The van der Waals surface area contributed by atoms with Crippen LogP contribution in [-0.2, 0) is 18.6 Å². The quantitative estimate of drug-likeness (QED) is 0.311. The highest BCUT2D eigenvalue weighted by molar-refractivity contribution is 6.74. The minimum absolute atomic E-state index is 0.144. The fourth-order valence-corrected chi connectivity index (χ4v) is 6.34. The van der Waals surface area contributed by atoms with E-state index in [0.29, 0.717) is 19.8 Å². The van der Waals surface area contributed by atoms with Crippen molar-refractivity contribution in [3.05, 3.63) is 12.7 Å². The van der Waals surface area contributed by atoms with Crippen molar-refractivity contribution in [2.75, 3.05) is 26.9 Å². The molecule has 2 aliphatic rings. The summed E-state index contributed by atoms with van der Waals surface area (Å²) in [7, 11) is -0.0904. The summed E-state index contributed by atoms with van der Waals surface area (Å²) in [4.78, 5) is 14.7. The van der Waals surface area contributed by atoms with Gasteiger partial charge in [0.15, 0.2) is 14.1 Å². The topological polar surface area (TPSA) is 57.2 Å². The van der Waals surface area contributed by atoms with Crippen LogP contribution in [0.25, 0.3) is 0 Å². The summed E-state index contributed by atoms with van der Waals surface area (Å²) in [6, 6.07) is -0.239.